The van der Waals surface area contributed by atoms with Crippen LogP contribution in [-0.2, 0) is 6.54 Å². The van der Waals surface area contributed by atoms with Crippen LogP contribution >= 0.6 is 0 Å². The summed E-state index contributed by atoms with van der Waals surface area (Å²) in [4.78, 5) is 24.2. The third kappa shape index (κ3) is 3.86. The van der Waals surface area contributed by atoms with Crippen molar-refractivity contribution in [3.05, 3.63) is 83.7 Å². The Morgan fingerprint density at radius 3 is 2.54 bits per heavy atom. The van der Waals surface area contributed by atoms with Crippen LogP contribution in [0.15, 0.2) is 66.9 Å². The van der Waals surface area contributed by atoms with E-state index in [1.807, 2.05) is 30.3 Å². The molecule has 0 saturated heterocycles. The lowest BCUT2D eigenvalue weighted by molar-refractivity contribution is 0.0949. The van der Waals surface area contributed by atoms with Gasteiger partial charge in [-0.05, 0) is 29.8 Å². The van der Waals surface area contributed by atoms with Crippen LogP contribution in [0, 0.1) is 0 Å². The minimum absolute atomic E-state index is 0.198. The van der Waals surface area contributed by atoms with Gasteiger partial charge in [0, 0.05) is 24.0 Å². The van der Waals surface area contributed by atoms with Crippen molar-refractivity contribution in [1.29, 1.82) is 0 Å². The Kier molecular flexibility index (Phi) is 4.67. The van der Waals surface area contributed by atoms with Gasteiger partial charge < -0.3 is 10.6 Å². The number of nitrogens with zero attached hydrogens (tertiary/aromatic N) is 1. The molecule has 6 heteroatoms. The Hall–Kier alpha value is -3.41. The number of hydrogen-bond acceptors (Lipinski definition) is 3. The van der Waals surface area contributed by atoms with E-state index in [2.05, 4.69) is 20.8 Å². The van der Waals surface area contributed by atoms with Crippen molar-refractivity contribution in [3.63, 3.8) is 0 Å². The minimum atomic E-state index is -0.311. The number of amides is 2. The highest BCUT2D eigenvalue weighted by Gasteiger charge is 2.10. The van der Waals surface area contributed by atoms with Gasteiger partial charge in [0.25, 0.3) is 11.8 Å². The summed E-state index contributed by atoms with van der Waals surface area (Å²) in [5.74, 6) is -0.508. The van der Waals surface area contributed by atoms with Crippen LogP contribution in [0.3, 0.4) is 0 Å². The van der Waals surface area contributed by atoms with Crippen molar-refractivity contribution in [2.75, 3.05) is 5.32 Å². The van der Waals surface area contributed by atoms with Gasteiger partial charge in [0.1, 0.15) is 5.69 Å². The number of H-pyrrole nitrogens is 1. The number of aromatic nitrogens is 2. The van der Waals surface area contributed by atoms with Crippen molar-refractivity contribution in [2.45, 2.75) is 6.54 Å². The highest BCUT2D eigenvalue weighted by molar-refractivity contribution is 6.03. The fourth-order valence-electron chi connectivity index (χ4n) is 2.20. The number of carbonyl (C=O) groups is 2. The molecule has 0 saturated carbocycles. The van der Waals surface area contributed by atoms with E-state index in [1.165, 1.54) is 6.20 Å². The lowest BCUT2D eigenvalue weighted by Crippen LogP contribution is -2.23. The first-order chi connectivity index (χ1) is 11.7. The van der Waals surface area contributed by atoms with E-state index >= 15 is 0 Å². The van der Waals surface area contributed by atoms with E-state index in [4.69, 9.17) is 0 Å². The Labute approximate surface area is 138 Å². The summed E-state index contributed by atoms with van der Waals surface area (Å²) in [6.45, 7) is 0.449. The van der Waals surface area contributed by atoms with Crippen LogP contribution in [0.5, 0.6) is 0 Å². The van der Waals surface area contributed by atoms with Crippen molar-refractivity contribution < 1.29 is 9.59 Å². The van der Waals surface area contributed by atoms with Gasteiger partial charge in [-0.15, -0.1) is 0 Å². The second kappa shape index (κ2) is 7.23. The van der Waals surface area contributed by atoms with E-state index in [0.717, 1.165) is 5.56 Å². The van der Waals surface area contributed by atoms with Crippen LogP contribution in [0.1, 0.15) is 26.4 Å². The van der Waals surface area contributed by atoms with E-state index in [0.29, 0.717) is 23.5 Å². The molecule has 1 aromatic heterocycles. The molecule has 2 amide bonds. The Balaban J connectivity index is 1.64. The van der Waals surface area contributed by atoms with Gasteiger partial charge in [0.2, 0.25) is 0 Å². The summed E-state index contributed by atoms with van der Waals surface area (Å²) >= 11 is 0. The van der Waals surface area contributed by atoms with Crippen LogP contribution in [0.4, 0.5) is 5.69 Å². The second-order valence-electron chi connectivity index (χ2n) is 5.17. The number of carbonyl (C=O) groups excluding carboxylic acids is 2. The van der Waals surface area contributed by atoms with Gasteiger partial charge in [-0.2, -0.15) is 5.10 Å². The van der Waals surface area contributed by atoms with Gasteiger partial charge >= 0.3 is 0 Å². The number of aromatic amines is 1. The molecule has 0 spiro atoms. The third-order valence-electron chi connectivity index (χ3n) is 3.42. The Morgan fingerprint density at radius 1 is 0.958 bits per heavy atom. The second-order valence-corrected chi connectivity index (χ2v) is 5.17. The van der Waals surface area contributed by atoms with Crippen LogP contribution in [-0.4, -0.2) is 22.0 Å². The SMILES string of the molecule is O=C(NCc1ccccc1)c1cccc(NC(=O)c2ccn[nH]2)c1. The molecular formula is C18H16N4O2. The number of anilines is 1. The van der Waals surface area contributed by atoms with Gasteiger partial charge in [-0.25, -0.2) is 0 Å². The first kappa shape index (κ1) is 15.5. The van der Waals surface area contributed by atoms with Crippen molar-refractivity contribution in [2.24, 2.45) is 0 Å². The van der Waals surface area contributed by atoms with E-state index in [9.17, 15) is 9.59 Å². The van der Waals surface area contributed by atoms with Crippen molar-refractivity contribution >= 4 is 17.5 Å². The highest BCUT2D eigenvalue weighted by atomic mass is 16.2. The topological polar surface area (TPSA) is 86.9 Å². The molecule has 0 radical (unpaired) electrons. The van der Waals surface area contributed by atoms with Crippen LogP contribution in [0.2, 0.25) is 0 Å². The van der Waals surface area contributed by atoms with Crippen LogP contribution < -0.4 is 10.6 Å². The van der Waals surface area contributed by atoms with E-state index < -0.39 is 0 Å². The Bertz CT molecular complexity index is 829. The minimum Gasteiger partial charge on any atom is -0.348 e. The average molecular weight is 320 g/mol. The van der Waals surface area contributed by atoms with Gasteiger partial charge in [0.15, 0.2) is 0 Å². The average Bonchev–Trinajstić information content (AvgIpc) is 3.15. The summed E-state index contributed by atoms with van der Waals surface area (Å²) in [5.41, 5.74) is 2.40. The molecular weight excluding hydrogens is 304 g/mol. The molecule has 3 N–H and O–H groups in total. The Morgan fingerprint density at radius 2 is 1.79 bits per heavy atom. The fourth-order valence-corrected chi connectivity index (χ4v) is 2.20. The quantitative estimate of drug-likeness (QED) is 0.675. The standard InChI is InChI=1S/C18H16N4O2/c23-17(19-12-13-5-2-1-3-6-13)14-7-4-8-15(11-14)21-18(24)16-9-10-20-22-16/h1-11H,12H2,(H,19,23)(H,20,22)(H,21,24). The van der Waals surface area contributed by atoms with Gasteiger partial charge in [-0.1, -0.05) is 36.4 Å². The smallest absolute Gasteiger partial charge is 0.273 e. The number of rotatable bonds is 5. The predicted molar refractivity (Wildman–Crippen MR) is 90.6 cm³/mol. The molecule has 1 heterocycles. The number of benzene rings is 2. The molecule has 0 bridgehead atoms. The molecule has 3 rings (SSSR count). The maximum Gasteiger partial charge on any atom is 0.273 e. The zero-order chi connectivity index (χ0) is 16.8. The maximum absolute atomic E-state index is 12.2. The van der Waals surface area contributed by atoms with Crippen LogP contribution in [0.25, 0.3) is 0 Å². The maximum atomic E-state index is 12.2. The van der Waals surface area contributed by atoms with Gasteiger partial charge in [0.05, 0.1) is 0 Å². The molecule has 0 aliphatic carbocycles. The van der Waals surface area contributed by atoms with Crippen molar-refractivity contribution in [3.8, 4) is 0 Å². The lowest BCUT2D eigenvalue weighted by atomic mass is 10.1. The zero-order valence-electron chi connectivity index (χ0n) is 12.8. The van der Waals surface area contributed by atoms with Gasteiger partial charge in [-0.3, -0.25) is 14.7 Å². The molecule has 0 aliphatic rings. The van der Waals surface area contributed by atoms with E-state index in [1.54, 1.807) is 30.3 Å². The first-order valence-electron chi connectivity index (χ1n) is 7.45. The monoisotopic (exact) mass is 320 g/mol. The highest BCUT2D eigenvalue weighted by Crippen LogP contribution is 2.12. The molecule has 24 heavy (non-hydrogen) atoms. The summed E-state index contributed by atoms with van der Waals surface area (Å²) in [5, 5.41) is 11.9. The number of hydrogen-bond donors (Lipinski definition) is 3. The zero-order valence-corrected chi connectivity index (χ0v) is 12.8. The fraction of sp³-hybridized carbons (Fsp3) is 0.0556. The summed E-state index contributed by atoms with van der Waals surface area (Å²) in [6, 6.07) is 18.0. The number of nitrogens with one attached hydrogen (secondary N) is 3. The normalized spacial score (nSPS) is 10.2. The van der Waals surface area contributed by atoms with Crippen molar-refractivity contribution in [1.82, 2.24) is 15.5 Å². The largest absolute Gasteiger partial charge is 0.348 e. The molecule has 0 atom stereocenters. The predicted octanol–water partition coefficient (Wildman–Crippen LogP) is 2.59. The lowest BCUT2D eigenvalue weighted by Gasteiger charge is -2.08. The molecule has 0 fully saturated rings. The molecule has 0 unspecified atom stereocenters. The summed E-state index contributed by atoms with van der Waals surface area (Å²) < 4.78 is 0. The molecule has 2 aromatic carbocycles. The summed E-state index contributed by atoms with van der Waals surface area (Å²) in [7, 11) is 0. The third-order valence-corrected chi connectivity index (χ3v) is 3.42. The van der Waals surface area contributed by atoms with E-state index in [-0.39, 0.29) is 11.8 Å². The molecule has 3 aromatic rings. The first-order valence-corrected chi connectivity index (χ1v) is 7.45. The molecule has 120 valence electrons. The summed E-state index contributed by atoms with van der Waals surface area (Å²) in [6.07, 6.45) is 1.50. The molecule has 0 aliphatic heterocycles. The molecule has 6 nitrogen and oxygen atoms in total.